The number of aryl methyl sites for hydroxylation is 1. The molecule has 0 aliphatic heterocycles. The first-order valence-electron chi connectivity index (χ1n) is 4.44. The van der Waals surface area contributed by atoms with Crippen LogP contribution in [0, 0.1) is 6.92 Å². The summed E-state index contributed by atoms with van der Waals surface area (Å²) in [7, 11) is 0. The van der Waals surface area contributed by atoms with E-state index in [4.69, 9.17) is 5.73 Å². The molecular formula is C10H13N3. The second-order valence-corrected chi connectivity index (χ2v) is 3.24. The molecule has 0 aliphatic carbocycles. The molecule has 0 bridgehead atoms. The number of aromatic nitrogens is 2. The lowest BCUT2D eigenvalue weighted by Gasteiger charge is -1.92. The van der Waals surface area contributed by atoms with E-state index >= 15 is 0 Å². The summed E-state index contributed by atoms with van der Waals surface area (Å²) in [6, 6.07) is 4.14. The van der Waals surface area contributed by atoms with Crippen molar-refractivity contribution in [2.24, 2.45) is 5.73 Å². The summed E-state index contributed by atoms with van der Waals surface area (Å²) in [5, 5.41) is 0. The molecule has 3 nitrogen and oxygen atoms in total. The molecule has 0 atom stereocenters. The largest absolute Gasteiger partial charge is 0.330 e. The minimum Gasteiger partial charge on any atom is -0.330 e. The molecule has 0 spiro atoms. The van der Waals surface area contributed by atoms with Crippen molar-refractivity contribution in [2.75, 3.05) is 6.54 Å². The molecule has 0 unspecified atom stereocenters. The minimum atomic E-state index is 0.656. The first kappa shape index (κ1) is 8.26. The Morgan fingerprint density at radius 3 is 3.15 bits per heavy atom. The van der Waals surface area contributed by atoms with Crippen molar-refractivity contribution in [3.63, 3.8) is 0 Å². The molecule has 0 fully saturated rings. The highest BCUT2D eigenvalue weighted by Gasteiger charge is 1.99. The Labute approximate surface area is 77.2 Å². The number of fused-ring (bicyclic) bond motifs is 1. The Hall–Kier alpha value is -1.35. The SMILES string of the molecule is Cc1ccn2cc(CCN)nc2c1. The van der Waals surface area contributed by atoms with Crippen molar-refractivity contribution in [3.05, 3.63) is 35.8 Å². The fourth-order valence-electron chi connectivity index (χ4n) is 1.40. The Bertz CT molecular complexity index is 417. The molecule has 3 heteroatoms. The highest BCUT2D eigenvalue weighted by molar-refractivity contribution is 5.42. The fourth-order valence-corrected chi connectivity index (χ4v) is 1.40. The predicted molar refractivity (Wildman–Crippen MR) is 52.7 cm³/mol. The van der Waals surface area contributed by atoms with E-state index in [0.717, 1.165) is 17.8 Å². The number of imidazole rings is 1. The fraction of sp³-hybridized carbons (Fsp3) is 0.300. The summed E-state index contributed by atoms with van der Waals surface area (Å²) in [6.07, 6.45) is 4.90. The first-order chi connectivity index (χ1) is 6.29. The molecule has 2 aromatic rings. The highest BCUT2D eigenvalue weighted by atomic mass is 15.0. The standard InChI is InChI=1S/C10H13N3/c1-8-3-5-13-7-9(2-4-11)12-10(13)6-8/h3,5-7H,2,4,11H2,1H3. The predicted octanol–water partition coefficient (Wildman–Crippen LogP) is 1.14. The summed E-state index contributed by atoms with van der Waals surface area (Å²) in [5.74, 6) is 0. The van der Waals surface area contributed by atoms with Crippen LogP contribution in [-0.4, -0.2) is 15.9 Å². The molecule has 0 amide bonds. The van der Waals surface area contributed by atoms with Gasteiger partial charge < -0.3 is 10.1 Å². The summed E-state index contributed by atoms with van der Waals surface area (Å²) >= 11 is 0. The van der Waals surface area contributed by atoms with Gasteiger partial charge in [0.25, 0.3) is 0 Å². The molecule has 0 radical (unpaired) electrons. The number of rotatable bonds is 2. The van der Waals surface area contributed by atoms with Crippen molar-refractivity contribution in [3.8, 4) is 0 Å². The Kier molecular flexibility index (Phi) is 2.02. The third-order valence-corrected chi connectivity index (χ3v) is 2.07. The first-order valence-corrected chi connectivity index (χ1v) is 4.44. The number of hydrogen-bond donors (Lipinski definition) is 1. The summed E-state index contributed by atoms with van der Waals surface area (Å²) < 4.78 is 2.03. The van der Waals surface area contributed by atoms with Crippen LogP contribution in [0.25, 0.3) is 5.65 Å². The van der Waals surface area contributed by atoms with E-state index in [1.807, 2.05) is 16.8 Å². The third kappa shape index (κ3) is 1.55. The highest BCUT2D eigenvalue weighted by Crippen LogP contribution is 2.07. The molecule has 2 N–H and O–H groups in total. The number of hydrogen-bond acceptors (Lipinski definition) is 2. The average molecular weight is 175 g/mol. The quantitative estimate of drug-likeness (QED) is 0.744. The van der Waals surface area contributed by atoms with Crippen LogP contribution in [0.15, 0.2) is 24.5 Å². The van der Waals surface area contributed by atoms with E-state index in [0.29, 0.717) is 6.54 Å². The zero-order valence-electron chi connectivity index (χ0n) is 7.70. The molecular weight excluding hydrogens is 162 g/mol. The molecule has 0 aromatic carbocycles. The van der Waals surface area contributed by atoms with Crippen molar-refractivity contribution in [2.45, 2.75) is 13.3 Å². The molecule has 2 heterocycles. The molecule has 2 aromatic heterocycles. The maximum atomic E-state index is 5.46. The zero-order chi connectivity index (χ0) is 9.26. The van der Waals surface area contributed by atoms with Gasteiger partial charge in [-0.1, -0.05) is 0 Å². The van der Waals surface area contributed by atoms with Crippen molar-refractivity contribution in [1.29, 1.82) is 0 Å². The Balaban J connectivity index is 2.49. The van der Waals surface area contributed by atoms with E-state index in [1.54, 1.807) is 0 Å². The van der Waals surface area contributed by atoms with E-state index in [1.165, 1.54) is 5.56 Å². The number of pyridine rings is 1. The lowest BCUT2D eigenvalue weighted by atomic mass is 10.3. The van der Waals surface area contributed by atoms with Crippen molar-refractivity contribution >= 4 is 5.65 Å². The Morgan fingerprint density at radius 2 is 2.38 bits per heavy atom. The average Bonchev–Trinajstić information content (AvgIpc) is 2.46. The van der Waals surface area contributed by atoms with E-state index < -0.39 is 0 Å². The molecule has 0 aliphatic rings. The minimum absolute atomic E-state index is 0.656. The van der Waals surface area contributed by atoms with Crippen LogP contribution in [0.4, 0.5) is 0 Å². The zero-order valence-corrected chi connectivity index (χ0v) is 7.70. The molecule has 68 valence electrons. The second kappa shape index (κ2) is 3.18. The van der Waals surface area contributed by atoms with Gasteiger partial charge in [-0.05, 0) is 31.2 Å². The van der Waals surface area contributed by atoms with Crippen LogP contribution in [0.2, 0.25) is 0 Å². The molecule has 0 saturated carbocycles. The van der Waals surface area contributed by atoms with E-state index in [-0.39, 0.29) is 0 Å². The van der Waals surface area contributed by atoms with Gasteiger partial charge in [0.2, 0.25) is 0 Å². The molecule has 2 rings (SSSR count). The normalized spacial score (nSPS) is 10.9. The maximum absolute atomic E-state index is 5.46. The van der Waals surface area contributed by atoms with Gasteiger partial charge in [0.1, 0.15) is 5.65 Å². The van der Waals surface area contributed by atoms with E-state index in [9.17, 15) is 0 Å². The van der Waals surface area contributed by atoms with Crippen LogP contribution in [0.5, 0.6) is 0 Å². The maximum Gasteiger partial charge on any atom is 0.137 e. The summed E-state index contributed by atoms with van der Waals surface area (Å²) in [5.41, 5.74) is 8.76. The van der Waals surface area contributed by atoms with E-state index in [2.05, 4.69) is 24.0 Å². The van der Waals surface area contributed by atoms with Crippen LogP contribution in [0.1, 0.15) is 11.3 Å². The van der Waals surface area contributed by atoms with Gasteiger partial charge in [-0.2, -0.15) is 0 Å². The molecule has 0 saturated heterocycles. The van der Waals surface area contributed by atoms with Gasteiger partial charge in [-0.15, -0.1) is 0 Å². The van der Waals surface area contributed by atoms with Gasteiger partial charge >= 0.3 is 0 Å². The lowest BCUT2D eigenvalue weighted by molar-refractivity contribution is 0.937. The van der Waals surface area contributed by atoms with Crippen molar-refractivity contribution in [1.82, 2.24) is 9.38 Å². The molecule has 13 heavy (non-hydrogen) atoms. The van der Waals surface area contributed by atoms with Gasteiger partial charge in [-0.3, -0.25) is 0 Å². The summed E-state index contributed by atoms with van der Waals surface area (Å²) in [4.78, 5) is 4.45. The van der Waals surface area contributed by atoms with Crippen LogP contribution < -0.4 is 5.73 Å². The van der Waals surface area contributed by atoms with Gasteiger partial charge in [-0.25, -0.2) is 4.98 Å². The summed E-state index contributed by atoms with van der Waals surface area (Å²) in [6.45, 7) is 2.72. The Morgan fingerprint density at radius 1 is 1.54 bits per heavy atom. The second-order valence-electron chi connectivity index (χ2n) is 3.24. The topological polar surface area (TPSA) is 43.3 Å². The van der Waals surface area contributed by atoms with Gasteiger partial charge in [0, 0.05) is 18.8 Å². The van der Waals surface area contributed by atoms with Crippen LogP contribution in [0.3, 0.4) is 0 Å². The van der Waals surface area contributed by atoms with Gasteiger partial charge in [0.05, 0.1) is 5.69 Å². The van der Waals surface area contributed by atoms with Gasteiger partial charge in [0.15, 0.2) is 0 Å². The lowest BCUT2D eigenvalue weighted by Crippen LogP contribution is -2.02. The van der Waals surface area contributed by atoms with Crippen LogP contribution in [-0.2, 0) is 6.42 Å². The number of nitrogens with two attached hydrogens (primary N) is 1. The monoisotopic (exact) mass is 175 g/mol. The van der Waals surface area contributed by atoms with Crippen LogP contribution >= 0.6 is 0 Å². The number of nitrogens with zero attached hydrogens (tertiary/aromatic N) is 2. The van der Waals surface area contributed by atoms with Crippen molar-refractivity contribution < 1.29 is 0 Å². The third-order valence-electron chi connectivity index (χ3n) is 2.07. The smallest absolute Gasteiger partial charge is 0.137 e.